The van der Waals surface area contributed by atoms with Gasteiger partial charge in [-0.2, -0.15) is 10.2 Å². The molecule has 0 aliphatic rings. The SMILES string of the molecule is CCn1nc(C)c(N)c1C=O.CCn1nc(C)cc1C(=O)Nc1nc2cc(C(N)=O)cnc2n1C/C=C/Cn1c(NC)nc2cc(C(N)=O)cc(OCCCCO)c21. The molecule has 20 nitrogen and oxygen atoms in total. The van der Waals surface area contributed by atoms with Gasteiger partial charge in [0.25, 0.3) is 5.91 Å². The predicted octanol–water partition coefficient (Wildman–Crippen LogP) is 2.81. The number of rotatable bonds is 17. The number of amides is 3. The zero-order valence-corrected chi connectivity index (χ0v) is 33.0. The Bertz CT molecular complexity index is 2490. The van der Waals surface area contributed by atoms with Gasteiger partial charge in [0.2, 0.25) is 23.7 Å². The van der Waals surface area contributed by atoms with E-state index in [1.165, 1.54) is 12.3 Å². The maximum atomic E-state index is 13.3. The molecule has 5 aromatic heterocycles. The summed E-state index contributed by atoms with van der Waals surface area (Å²) < 4.78 is 12.8. The summed E-state index contributed by atoms with van der Waals surface area (Å²) in [5, 5.41) is 23.5. The highest BCUT2D eigenvalue weighted by molar-refractivity contribution is 6.03. The summed E-state index contributed by atoms with van der Waals surface area (Å²) >= 11 is 0. The van der Waals surface area contributed by atoms with Gasteiger partial charge in [0.05, 0.1) is 34.8 Å². The molecule has 306 valence electrons. The van der Waals surface area contributed by atoms with Crippen LogP contribution in [0.3, 0.4) is 0 Å². The van der Waals surface area contributed by atoms with Crippen molar-refractivity contribution in [2.24, 2.45) is 11.5 Å². The number of benzene rings is 1. The van der Waals surface area contributed by atoms with Gasteiger partial charge in [-0.1, -0.05) is 12.2 Å². The molecular weight excluding hydrogens is 749 g/mol. The molecule has 0 atom stereocenters. The lowest BCUT2D eigenvalue weighted by atomic mass is 10.1. The summed E-state index contributed by atoms with van der Waals surface area (Å²) in [7, 11) is 1.74. The number of pyridine rings is 1. The van der Waals surface area contributed by atoms with E-state index < -0.39 is 17.7 Å². The van der Waals surface area contributed by atoms with Crippen molar-refractivity contribution >= 4 is 63.8 Å². The summed E-state index contributed by atoms with van der Waals surface area (Å²) in [6.45, 7) is 9.59. The van der Waals surface area contributed by atoms with E-state index >= 15 is 0 Å². The molecule has 0 fully saturated rings. The summed E-state index contributed by atoms with van der Waals surface area (Å²) in [5.41, 5.74) is 21.9. The van der Waals surface area contributed by atoms with Crippen molar-refractivity contribution in [2.75, 3.05) is 36.6 Å². The van der Waals surface area contributed by atoms with Crippen LogP contribution >= 0.6 is 0 Å². The number of carbonyl (C=O) groups is 4. The Kier molecular flexibility index (Phi) is 13.6. The number of anilines is 3. The lowest BCUT2D eigenvalue weighted by Crippen LogP contribution is -2.20. The lowest BCUT2D eigenvalue weighted by Gasteiger charge is -2.12. The first-order valence-electron chi connectivity index (χ1n) is 18.6. The Hall–Kier alpha value is -7.09. The molecule has 5 heterocycles. The largest absolute Gasteiger partial charge is 0.491 e. The number of aromatic nitrogens is 9. The molecule has 0 saturated carbocycles. The van der Waals surface area contributed by atoms with Crippen molar-refractivity contribution in [3.63, 3.8) is 0 Å². The second kappa shape index (κ2) is 18.7. The van der Waals surface area contributed by atoms with Gasteiger partial charge in [0, 0.05) is 51.6 Å². The predicted molar refractivity (Wildman–Crippen MR) is 218 cm³/mol. The van der Waals surface area contributed by atoms with E-state index in [4.69, 9.17) is 27.0 Å². The van der Waals surface area contributed by atoms with Gasteiger partial charge in [-0.3, -0.25) is 38.4 Å². The molecule has 0 aliphatic heterocycles. The molecule has 6 aromatic rings. The second-order valence-corrected chi connectivity index (χ2v) is 13.0. The molecule has 3 amide bonds. The van der Waals surface area contributed by atoms with Crippen LogP contribution in [0, 0.1) is 13.8 Å². The van der Waals surface area contributed by atoms with E-state index in [1.807, 2.05) is 37.5 Å². The summed E-state index contributed by atoms with van der Waals surface area (Å²) in [6.07, 6.45) is 7.09. The minimum atomic E-state index is -0.644. The first-order valence-corrected chi connectivity index (χ1v) is 18.6. The van der Waals surface area contributed by atoms with Crippen LogP contribution in [0.2, 0.25) is 0 Å². The van der Waals surface area contributed by atoms with Crippen LogP contribution in [0.4, 0.5) is 17.6 Å². The number of nitrogens with two attached hydrogens (primary N) is 3. The quantitative estimate of drug-likeness (QED) is 0.0440. The minimum absolute atomic E-state index is 0.0509. The Morgan fingerprint density at radius 2 is 1.55 bits per heavy atom. The number of carbonyl (C=O) groups excluding carboxylic acids is 4. The molecular formula is C38H48N14O6. The third kappa shape index (κ3) is 9.13. The molecule has 0 spiro atoms. The number of allylic oxidation sites excluding steroid dienone is 2. The number of ether oxygens (including phenoxy) is 1. The fraction of sp³-hybridized carbons (Fsp3) is 0.342. The normalized spacial score (nSPS) is 11.2. The van der Waals surface area contributed by atoms with Crippen molar-refractivity contribution in [3.05, 3.63) is 76.5 Å². The van der Waals surface area contributed by atoms with Gasteiger partial charge >= 0.3 is 0 Å². The molecule has 0 aliphatic carbocycles. The average Bonchev–Trinajstić information content (AvgIpc) is 3.95. The Balaban J connectivity index is 0.000000503. The van der Waals surface area contributed by atoms with Gasteiger partial charge in [-0.15, -0.1) is 0 Å². The first kappa shape index (κ1) is 42.1. The molecule has 58 heavy (non-hydrogen) atoms. The van der Waals surface area contributed by atoms with Crippen molar-refractivity contribution < 1.29 is 29.0 Å². The van der Waals surface area contributed by atoms with Crippen LogP contribution in [0.1, 0.15) is 79.8 Å². The molecule has 6 rings (SSSR count). The molecule has 20 heteroatoms. The van der Waals surface area contributed by atoms with Crippen molar-refractivity contribution in [1.29, 1.82) is 0 Å². The standard InChI is InChI=1S/C31H37N11O5.C7H11N3O/c1-4-42-23(13-18(2)39-42)29(46)38-31-37-22-15-20(27(33)45)17-35-28(22)41(31)10-6-5-9-40-25-21(36-30(40)34-3)14-19(26(32)44)16-24(25)47-12-8-7-11-43;1-3-10-6(4-11)7(8)5(2)9-10/h5-6,13-17,43H,4,7-12H2,1-3H3,(H2,32,44)(H2,33,45)(H,34,36)(H,37,38,46);4H,3,8H2,1-2H3/b6-5+;. The Morgan fingerprint density at radius 1 is 0.879 bits per heavy atom. The number of imidazole rings is 2. The number of primary amides is 2. The zero-order chi connectivity index (χ0) is 42.1. The number of aryl methyl sites for hydroxylation is 4. The highest BCUT2D eigenvalue weighted by Crippen LogP contribution is 2.31. The summed E-state index contributed by atoms with van der Waals surface area (Å²) in [4.78, 5) is 61.2. The number of fused-ring (bicyclic) bond motifs is 2. The van der Waals surface area contributed by atoms with Gasteiger partial charge in [0.1, 0.15) is 28.2 Å². The van der Waals surface area contributed by atoms with Crippen molar-refractivity contribution in [1.82, 2.24) is 43.6 Å². The fourth-order valence-corrected chi connectivity index (χ4v) is 6.13. The van der Waals surface area contributed by atoms with Crippen LogP contribution in [0.15, 0.2) is 42.6 Å². The Morgan fingerprint density at radius 3 is 2.17 bits per heavy atom. The number of nitrogens with one attached hydrogen (secondary N) is 2. The molecule has 0 saturated heterocycles. The maximum Gasteiger partial charge on any atom is 0.276 e. The van der Waals surface area contributed by atoms with Gasteiger partial charge < -0.3 is 36.9 Å². The number of nitrogens with zero attached hydrogens (tertiary/aromatic N) is 9. The van der Waals surface area contributed by atoms with Crippen LogP contribution in [-0.2, 0) is 26.2 Å². The number of aldehydes is 1. The monoisotopic (exact) mass is 796 g/mol. The van der Waals surface area contributed by atoms with E-state index in [-0.39, 0.29) is 30.2 Å². The number of hydrogen-bond donors (Lipinski definition) is 6. The van der Waals surface area contributed by atoms with Gasteiger partial charge in [0.15, 0.2) is 11.9 Å². The lowest BCUT2D eigenvalue weighted by molar-refractivity contribution is 0.0991. The number of nitrogen functional groups attached to an aromatic ring is 1. The topological polar surface area (TPSA) is 284 Å². The van der Waals surface area contributed by atoms with Crippen molar-refractivity contribution in [3.8, 4) is 5.75 Å². The second-order valence-electron chi connectivity index (χ2n) is 13.0. The van der Waals surface area contributed by atoms with Crippen LogP contribution in [0.5, 0.6) is 5.75 Å². The zero-order valence-electron chi connectivity index (χ0n) is 33.0. The molecule has 1 aromatic carbocycles. The van der Waals surface area contributed by atoms with Crippen LogP contribution < -0.4 is 32.6 Å². The minimum Gasteiger partial charge on any atom is -0.491 e. The third-order valence-electron chi connectivity index (χ3n) is 9.02. The molecule has 0 bridgehead atoms. The van der Waals surface area contributed by atoms with Crippen LogP contribution in [-0.4, -0.2) is 93.0 Å². The number of hydrogen-bond acceptors (Lipinski definition) is 13. The molecule has 9 N–H and O–H groups in total. The van der Waals surface area contributed by atoms with E-state index in [0.29, 0.717) is 101 Å². The molecule has 0 radical (unpaired) electrons. The summed E-state index contributed by atoms with van der Waals surface area (Å²) in [6, 6.07) is 6.43. The smallest absolute Gasteiger partial charge is 0.276 e. The van der Waals surface area contributed by atoms with Gasteiger partial charge in [-0.05, 0) is 64.8 Å². The first-order chi connectivity index (χ1) is 27.8. The highest BCUT2D eigenvalue weighted by Gasteiger charge is 2.20. The van der Waals surface area contributed by atoms with E-state index in [9.17, 15) is 19.2 Å². The maximum absolute atomic E-state index is 13.3. The average molecular weight is 797 g/mol. The van der Waals surface area contributed by atoms with Gasteiger partial charge in [-0.25, -0.2) is 15.0 Å². The number of aliphatic hydroxyl groups is 1. The summed E-state index contributed by atoms with van der Waals surface area (Å²) in [5.74, 6) is -0.433. The number of aliphatic hydroxyl groups excluding tert-OH is 1. The van der Waals surface area contributed by atoms with E-state index in [2.05, 4.69) is 35.8 Å². The van der Waals surface area contributed by atoms with Crippen LogP contribution in [0.25, 0.3) is 22.2 Å². The third-order valence-corrected chi connectivity index (χ3v) is 9.02. The Labute approximate surface area is 333 Å². The van der Waals surface area contributed by atoms with E-state index in [1.54, 1.807) is 46.1 Å². The number of unbranched alkanes of at least 4 members (excludes halogenated alkanes) is 1. The molecule has 0 unspecified atom stereocenters. The van der Waals surface area contributed by atoms with Crippen molar-refractivity contribution in [2.45, 2.75) is 66.7 Å². The highest BCUT2D eigenvalue weighted by atomic mass is 16.5. The fourth-order valence-electron chi connectivity index (χ4n) is 6.13. The van der Waals surface area contributed by atoms with E-state index in [0.717, 1.165) is 6.29 Å².